The van der Waals surface area contributed by atoms with Crippen molar-refractivity contribution >= 4 is 22.2 Å². The lowest BCUT2D eigenvalue weighted by molar-refractivity contribution is 0.988. The zero-order chi connectivity index (χ0) is 34.1. The lowest BCUT2D eigenvalue weighted by Crippen LogP contribution is -2.19. The first kappa shape index (κ1) is 30.5. The molecule has 2 aromatic heterocycles. The van der Waals surface area contributed by atoms with E-state index in [-0.39, 0.29) is 6.04 Å². The van der Waals surface area contributed by atoms with Gasteiger partial charge in [-0.25, -0.2) is 9.97 Å². The average Bonchev–Trinajstić information content (AvgIpc) is 3.21. The maximum absolute atomic E-state index is 5.17. The van der Waals surface area contributed by atoms with Crippen LogP contribution >= 0.6 is 0 Å². The van der Waals surface area contributed by atoms with Gasteiger partial charge in [-0.15, -0.1) is 0 Å². The monoisotopic (exact) mass is 653 g/mol. The molecule has 51 heavy (non-hydrogen) atoms. The molecule has 0 amide bonds. The smallest absolute Gasteiger partial charge is 0.0947 e. The van der Waals surface area contributed by atoms with Gasteiger partial charge in [0.05, 0.1) is 28.3 Å². The number of nitrogens with one attached hydrogen (secondary N) is 1. The Balaban J connectivity index is 1.06. The third-order valence-electron chi connectivity index (χ3n) is 9.70. The minimum absolute atomic E-state index is 0.156. The quantitative estimate of drug-likeness (QED) is 0.194. The van der Waals surface area contributed by atoms with E-state index in [0.717, 1.165) is 55.9 Å². The first-order valence-electron chi connectivity index (χ1n) is 17.5. The van der Waals surface area contributed by atoms with E-state index < -0.39 is 0 Å². The highest BCUT2D eigenvalue weighted by molar-refractivity contribution is 6.02. The summed E-state index contributed by atoms with van der Waals surface area (Å²) >= 11 is 0. The Hall–Kier alpha value is -6.58. The predicted octanol–water partition coefficient (Wildman–Crippen LogP) is 12.2. The van der Waals surface area contributed by atoms with E-state index in [1.165, 1.54) is 33.4 Å². The molecule has 8 aromatic rings. The first-order valence-corrected chi connectivity index (χ1v) is 17.5. The van der Waals surface area contributed by atoms with Crippen molar-refractivity contribution in [2.75, 3.05) is 5.32 Å². The number of fused-ring (bicyclic) bond motifs is 3. The summed E-state index contributed by atoms with van der Waals surface area (Å²) in [6.07, 6.45) is 2.33. The van der Waals surface area contributed by atoms with Crippen molar-refractivity contribution < 1.29 is 0 Å². The second-order valence-electron chi connectivity index (χ2n) is 13.2. The summed E-state index contributed by atoms with van der Waals surface area (Å²) in [6, 6.07) is 62.3. The van der Waals surface area contributed by atoms with E-state index in [0.29, 0.717) is 0 Å². The van der Waals surface area contributed by atoms with Crippen LogP contribution in [-0.2, 0) is 0 Å². The molecule has 1 N–H and O–H groups in total. The molecular weight excluding hydrogens is 619 g/mol. The van der Waals surface area contributed by atoms with Crippen LogP contribution in [0, 0.1) is 0 Å². The van der Waals surface area contributed by atoms with E-state index in [1.54, 1.807) is 0 Å². The van der Waals surface area contributed by atoms with Gasteiger partial charge in [-0.05, 0) is 64.6 Å². The molecule has 3 heteroatoms. The molecule has 0 saturated carbocycles. The fourth-order valence-electron chi connectivity index (χ4n) is 7.12. The SMILES string of the molecule is CC1C=C(c2cccc(-c3ccc(-c4cc(-c5ccccc5)cc(-c5ccccc5)n4)cc3)c2)c2ccc3ccc(-c4ccccc4)nc3c2N1. The Kier molecular flexibility index (Phi) is 7.79. The van der Waals surface area contributed by atoms with E-state index in [1.807, 2.05) is 12.1 Å². The van der Waals surface area contributed by atoms with Gasteiger partial charge < -0.3 is 5.32 Å². The molecule has 0 aliphatic carbocycles. The molecular formula is C48H35N3. The van der Waals surface area contributed by atoms with Crippen LogP contribution in [0.3, 0.4) is 0 Å². The third-order valence-corrected chi connectivity index (χ3v) is 9.70. The number of aromatic nitrogens is 2. The molecule has 3 heterocycles. The van der Waals surface area contributed by atoms with Gasteiger partial charge in [-0.1, -0.05) is 158 Å². The fraction of sp³-hybridized carbons (Fsp3) is 0.0417. The van der Waals surface area contributed by atoms with Crippen molar-refractivity contribution in [3.05, 3.63) is 193 Å². The van der Waals surface area contributed by atoms with Gasteiger partial charge in [0.25, 0.3) is 0 Å². The Morgan fingerprint density at radius 1 is 0.412 bits per heavy atom. The van der Waals surface area contributed by atoms with Gasteiger partial charge in [0.2, 0.25) is 0 Å². The first-order chi connectivity index (χ1) is 25.2. The zero-order valence-corrected chi connectivity index (χ0v) is 28.3. The molecule has 1 atom stereocenters. The van der Waals surface area contributed by atoms with Crippen LogP contribution in [0.1, 0.15) is 18.1 Å². The summed E-state index contributed by atoms with van der Waals surface area (Å²) in [5.41, 5.74) is 16.5. The van der Waals surface area contributed by atoms with Crippen LogP contribution in [0.4, 0.5) is 5.69 Å². The Labute approximate surface area is 298 Å². The van der Waals surface area contributed by atoms with Crippen LogP contribution in [0.15, 0.2) is 182 Å². The van der Waals surface area contributed by atoms with Crippen molar-refractivity contribution in [1.82, 2.24) is 9.97 Å². The van der Waals surface area contributed by atoms with E-state index in [9.17, 15) is 0 Å². The number of anilines is 1. The van der Waals surface area contributed by atoms with E-state index >= 15 is 0 Å². The molecule has 0 spiro atoms. The number of hydrogen-bond acceptors (Lipinski definition) is 3. The highest BCUT2D eigenvalue weighted by Crippen LogP contribution is 2.40. The highest BCUT2D eigenvalue weighted by Gasteiger charge is 2.21. The van der Waals surface area contributed by atoms with Crippen molar-refractivity contribution in [3.63, 3.8) is 0 Å². The van der Waals surface area contributed by atoms with Crippen molar-refractivity contribution in [3.8, 4) is 56.0 Å². The maximum Gasteiger partial charge on any atom is 0.0947 e. The van der Waals surface area contributed by atoms with E-state index in [4.69, 9.17) is 9.97 Å². The van der Waals surface area contributed by atoms with Gasteiger partial charge in [-0.3, -0.25) is 0 Å². The van der Waals surface area contributed by atoms with Crippen molar-refractivity contribution in [2.45, 2.75) is 13.0 Å². The minimum atomic E-state index is 0.156. The number of pyridine rings is 2. The molecule has 3 nitrogen and oxygen atoms in total. The second-order valence-corrected chi connectivity index (χ2v) is 13.2. The number of hydrogen-bond donors (Lipinski definition) is 1. The summed E-state index contributed by atoms with van der Waals surface area (Å²) < 4.78 is 0. The molecule has 1 aliphatic heterocycles. The lowest BCUT2D eigenvalue weighted by atomic mass is 9.89. The Bertz CT molecular complexity index is 2480. The number of benzene rings is 6. The van der Waals surface area contributed by atoms with Crippen LogP contribution < -0.4 is 5.32 Å². The van der Waals surface area contributed by atoms with E-state index in [2.05, 4.69) is 182 Å². The van der Waals surface area contributed by atoms with Crippen LogP contribution in [-0.4, -0.2) is 16.0 Å². The normalized spacial score (nSPS) is 13.7. The van der Waals surface area contributed by atoms with Crippen molar-refractivity contribution in [1.29, 1.82) is 0 Å². The van der Waals surface area contributed by atoms with Crippen LogP contribution in [0.25, 0.3) is 72.5 Å². The van der Waals surface area contributed by atoms with Crippen molar-refractivity contribution in [2.24, 2.45) is 0 Å². The standard InChI is InChI=1S/C48H35N3/c1-32-28-43(42-26-24-38-25-27-44(35-14-7-3-8-15-35)51-47(38)48(42)49-32)40-19-11-18-39(29-40)34-20-22-37(23-21-34)46-31-41(33-12-5-2-6-13-33)30-45(50-46)36-16-9-4-10-17-36/h2-32,49H,1H3. The number of rotatable bonds is 6. The van der Waals surface area contributed by atoms with Gasteiger partial charge >= 0.3 is 0 Å². The molecule has 1 unspecified atom stereocenters. The van der Waals surface area contributed by atoms with Gasteiger partial charge in [-0.2, -0.15) is 0 Å². The van der Waals surface area contributed by atoms with Gasteiger partial charge in [0.15, 0.2) is 0 Å². The zero-order valence-electron chi connectivity index (χ0n) is 28.3. The van der Waals surface area contributed by atoms with Crippen LogP contribution in [0.2, 0.25) is 0 Å². The van der Waals surface area contributed by atoms with Gasteiger partial charge in [0, 0.05) is 33.7 Å². The maximum atomic E-state index is 5.17. The molecule has 1 aliphatic rings. The summed E-state index contributed by atoms with van der Waals surface area (Å²) in [5.74, 6) is 0. The summed E-state index contributed by atoms with van der Waals surface area (Å²) in [6.45, 7) is 2.20. The topological polar surface area (TPSA) is 37.8 Å². The largest absolute Gasteiger partial charge is 0.377 e. The third kappa shape index (κ3) is 6.00. The summed E-state index contributed by atoms with van der Waals surface area (Å²) in [4.78, 5) is 10.3. The lowest BCUT2D eigenvalue weighted by Gasteiger charge is -2.26. The Morgan fingerprint density at radius 2 is 0.941 bits per heavy atom. The van der Waals surface area contributed by atoms with Gasteiger partial charge in [0.1, 0.15) is 0 Å². The summed E-state index contributed by atoms with van der Waals surface area (Å²) in [7, 11) is 0. The Morgan fingerprint density at radius 3 is 1.63 bits per heavy atom. The molecule has 6 aromatic carbocycles. The average molecular weight is 654 g/mol. The second kappa shape index (κ2) is 13.0. The highest BCUT2D eigenvalue weighted by atomic mass is 14.9. The molecule has 9 rings (SSSR count). The number of nitrogens with zero attached hydrogens (tertiary/aromatic N) is 2. The molecule has 0 fully saturated rings. The van der Waals surface area contributed by atoms with Crippen LogP contribution in [0.5, 0.6) is 0 Å². The fourth-order valence-corrected chi connectivity index (χ4v) is 7.12. The minimum Gasteiger partial charge on any atom is -0.377 e. The molecule has 0 saturated heterocycles. The predicted molar refractivity (Wildman–Crippen MR) is 213 cm³/mol. The molecule has 242 valence electrons. The molecule has 0 radical (unpaired) electrons. The summed E-state index contributed by atoms with van der Waals surface area (Å²) in [5, 5.41) is 4.86. The molecule has 0 bridgehead atoms.